The van der Waals surface area contributed by atoms with E-state index in [1.54, 1.807) is 19.9 Å². The molecule has 0 aliphatic heterocycles. The van der Waals surface area contributed by atoms with Crippen LogP contribution in [0.1, 0.15) is 18.1 Å². The number of halogens is 2. The number of nitrogens with zero attached hydrogens (tertiary/aromatic N) is 1. The van der Waals surface area contributed by atoms with Gasteiger partial charge in [0.15, 0.2) is 0 Å². The van der Waals surface area contributed by atoms with Crippen molar-refractivity contribution in [2.75, 3.05) is 13.7 Å². The van der Waals surface area contributed by atoms with Crippen LogP contribution in [0.3, 0.4) is 0 Å². The zero-order valence-electron chi connectivity index (χ0n) is 11.4. The van der Waals surface area contributed by atoms with Crippen LogP contribution < -0.4 is 0 Å². The minimum Gasteiger partial charge on any atom is -0.506 e. The molecule has 0 aliphatic carbocycles. The number of esters is 1. The van der Waals surface area contributed by atoms with E-state index in [-0.39, 0.29) is 23.0 Å². The van der Waals surface area contributed by atoms with Crippen molar-refractivity contribution in [1.82, 2.24) is 0 Å². The lowest BCUT2D eigenvalue weighted by atomic mass is 10.1. The maximum atomic E-state index is 11.8. The molecule has 0 aliphatic rings. The summed E-state index contributed by atoms with van der Waals surface area (Å²) < 4.78 is 4.88. The number of aliphatic hydroxyl groups is 1. The Balaban J connectivity index is 3.43. The van der Waals surface area contributed by atoms with E-state index in [0.717, 1.165) is 0 Å². The third-order valence-electron chi connectivity index (χ3n) is 2.58. The zero-order valence-corrected chi connectivity index (χ0v) is 12.9. The summed E-state index contributed by atoms with van der Waals surface area (Å²) in [6.45, 7) is 3.59. The number of hydrogen-bond acceptors (Lipinski definition) is 4. The molecule has 1 aromatic carbocycles. The highest BCUT2D eigenvalue weighted by atomic mass is 35.5. The smallest absolute Gasteiger partial charge is 0.343 e. The lowest BCUT2D eigenvalue weighted by Gasteiger charge is -2.10. The second-order valence-electron chi connectivity index (χ2n) is 3.90. The number of aliphatic imine (C=N–C) groups is 1. The summed E-state index contributed by atoms with van der Waals surface area (Å²) in [5.41, 5.74) is 0.864. The lowest BCUT2D eigenvalue weighted by molar-refractivity contribution is -0.137. The summed E-state index contributed by atoms with van der Waals surface area (Å²) >= 11 is 12.1. The molecular weight excluding hydrogens is 301 g/mol. The summed E-state index contributed by atoms with van der Waals surface area (Å²) in [7, 11) is 1.49. The molecule has 0 heterocycles. The van der Waals surface area contributed by atoms with Gasteiger partial charge in [0.05, 0.1) is 11.6 Å². The van der Waals surface area contributed by atoms with E-state index in [1.165, 1.54) is 19.3 Å². The average Bonchev–Trinajstić information content (AvgIpc) is 2.42. The van der Waals surface area contributed by atoms with Gasteiger partial charge in [-0.25, -0.2) is 4.79 Å². The van der Waals surface area contributed by atoms with Gasteiger partial charge >= 0.3 is 5.97 Å². The number of rotatable bonds is 4. The van der Waals surface area contributed by atoms with Gasteiger partial charge in [0, 0.05) is 23.8 Å². The van der Waals surface area contributed by atoms with Gasteiger partial charge in [-0.2, -0.15) is 0 Å². The molecule has 0 aromatic heterocycles. The Hall–Kier alpha value is -1.52. The van der Waals surface area contributed by atoms with Crippen molar-refractivity contribution in [2.45, 2.75) is 13.8 Å². The van der Waals surface area contributed by atoms with Crippen LogP contribution in [0, 0.1) is 6.92 Å². The summed E-state index contributed by atoms with van der Waals surface area (Å²) in [6.07, 6.45) is 1.23. The quantitative estimate of drug-likeness (QED) is 0.397. The SMILES string of the molecule is CCOC(=O)C(C=NC)=C(O)c1ccc(Cl)c(C)c1Cl. The molecule has 0 saturated heterocycles. The van der Waals surface area contributed by atoms with Crippen LogP contribution in [0.15, 0.2) is 22.7 Å². The first-order valence-electron chi connectivity index (χ1n) is 5.91. The Morgan fingerprint density at radius 1 is 1.45 bits per heavy atom. The van der Waals surface area contributed by atoms with Gasteiger partial charge in [-0.15, -0.1) is 0 Å². The summed E-state index contributed by atoms with van der Waals surface area (Å²) in [4.78, 5) is 15.6. The fourth-order valence-electron chi connectivity index (χ4n) is 1.54. The Labute approximate surface area is 127 Å². The van der Waals surface area contributed by atoms with Crippen molar-refractivity contribution in [3.05, 3.63) is 38.9 Å². The van der Waals surface area contributed by atoms with Gasteiger partial charge in [-0.05, 0) is 31.5 Å². The third kappa shape index (κ3) is 3.52. The molecule has 0 fully saturated rings. The fraction of sp³-hybridized carbons (Fsp3) is 0.286. The van der Waals surface area contributed by atoms with Crippen LogP contribution in [0.5, 0.6) is 0 Å². The number of carbonyl (C=O) groups is 1. The molecule has 0 saturated carbocycles. The van der Waals surface area contributed by atoms with E-state index in [4.69, 9.17) is 27.9 Å². The first-order valence-corrected chi connectivity index (χ1v) is 6.67. The Bertz CT molecular complexity index is 580. The highest BCUT2D eigenvalue weighted by Gasteiger charge is 2.19. The average molecular weight is 316 g/mol. The molecule has 0 spiro atoms. The van der Waals surface area contributed by atoms with Gasteiger partial charge < -0.3 is 9.84 Å². The normalized spacial score (nSPS) is 12.4. The van der Waals surface area contributed by atoms with E-state index in [0.29, 0.717) is 16.1 Å². The van der Waals surface area contributed by atoms with Crippen molar-refractivity contribution in [3.63, 3.8) is 0 Å². The predicted molar refractivity (Wildman–Crippen MR) is 81.8 cm³/mol. The molecular formula is C14H15Cl2NO3. The van der Waals surface area contributed by atoms with Crippen molar-refractivity contribution in [3.8, 4) is 0 Å². The second-order valence-corrected chi connectivity index (χ2v) is 4.69. The van der Waals surface area contributed by atoms with E-state index >= 15 is 0 Å². The van der Waals surface area contributed by atoms with Gasteiger partial charge in [-0.1, -0.05) is 23.2 Å². The maximum Gasteiger partial charge on any atom is 0.343 e. The highest BCUT2D eigenvalue weighted by molar-refractivity contribution is 6.37. The van der Waals surface area contributed by atoms with Gasteiger partial charge in [0.25, 0.3) is 0 Å². The van der Waals surface area contributed by atoms with Crippen molar-refractivity contribution < 1.29 is 14.6 Å². The second kappa shape index (κ2) is 7.31. The zero-order chi connectivity index (χ0) is 15.3. The molecule has 20 heavy (non-hydrogen) atoms. The van der Waals surface area contributed by atoms with Crippen LogP contribution >= 0.6 is 23.2 Å². The van der Waals surface area contributed by atoms with Crippen LogP contribution in [0.25, 0.3) is 5.76 Å². The largest absolute Gasteiger partial charge is 0.506 e. The van der Waals surface area contributed by atoms with E-state index in [2.05, 4.69) is 4.99 Å². The van der Waals surface area contributed by atoms with E-state index in [9.17, 15) is 9.90 Å². The monoisotopic (exact) mass is 315 g/mol. The third-order valence-corrected chi connectivity index (χ3v) is 3.48. The van der Waals surface area contributed by atoms with Crippen LogP contribution in [-0.4, -0.2) is 30.9 Å². The highest BCUT2D eigenvalue weighted by Crippen LogP contribution is 2.31. The summed E-state index contributed by atoms with van der Waals surface area (Å²) in [5, 5.41) is 11.0. The Morgan fingerprint density at radius 2 is 2.10 bits per heavy atom. The lowest BCUT2D eigenvalue weighted by Crippen LogP contribution is -2.11. The van der Waals surface area contributed by atoms with Crippen LogP contribution in [-0.2, 0) is 9.53 Å². The molecule has 108 valence electrons. The summed E-state index contributed by atoms with van der Waals surface area (Å²) in [6, 6.07) is 3.13. The van der Waals surface area contributed by atoms with Crippen molar-refractivity contribution in [1.29, 1.82) is 0 Å². The molecule has 6 heteroatoms. The van der Waals surface area contributed by atoms with E-state index in [1.807, 2.05) is 0 Å². The van der Waals surface area contributed by atoms with Gasteiger partial charge in [0.2, 0.25) is 0 Å². The minimum absolute atomic E-state index is 0.0574. The number of ether oxygens (including phenoxy) is 1. The van der Waals surface area contributed by atoms with Gasteiger partial charge in [0.1, 0.15) is 11.3 Å². The molecule has 1 N–H and O–H groups in total. The molecule has 1 aromatic rings. The summed E-state index contributed by atoms with van der Waals surface area (Å²) in [5.74, 6) is -0.960. The topological polar surface area (TPSA) is 58.9 Å². The molecule has 0 atom stereocenters. The van der Waals surface area contributed by atoms with Crippen LogP contribution in [0.2, 0.25) is 10.0 Å². The standard InChI is InChI=1S/C14H15Cl2NO3/c1-4-20-14(19)10(7-17-3)13(18)9-5-6-11(15)8(2)12(9)16/h5-7,18H,4H2,1-3H3. The maximum absolute atomic E-state index is 11.8. The first-order chi connectivity index (χ1) is 9.43. The van der Waals surface area contributed by atoms with Crippen molar-refractivity contribution >= 4 is 41.1 Å². The minimum atomic E-state index is -0.667. The molecule has 1 rings (SSSR count). The molecule has 0 amide bonds. The Kier molecular flexibility index (Phi) is 6.05. The van der Waals surface area contributed by atoms with E-state index < -0.39 is 5.97 Å². The van der Waals surface area contributed by atoms with Crippen LogP contribution in [0.4, 0.5) is 0 Å². The molecule has 0 bridgehead atoms. The molecule has 0 radical (unpaired) electrons. The Morgan fingerprint density at radius 3 is 2.65 bits per heavy atom. The molecule has 0 unspecified atom stereocenters. The van der Waals surface area contributed by atoms with Crippen molar-refractivity contribution in [2.24, 2.45) is 4.99 Å². The first kappa shape index (κ1) is 16.5. The molecule has 4 nitrogen and oxygen atoms in total. The predicted octanol–water partition coefficient (Wildman–Crippen LogP) is 3.83. The number of hydrogen-bond donors (Lipinski definition) is 1. The number of aliphatic hydroxyl groups excluding tert-OH is 1. The number of carbonyl (C=O) groups excluding carboxylic acids is 1. The number of benzene rings is 1. The fourth-order valence-corrected chi connectivity index (χ4v) is 2.00. The van der Waals surface area contributed by atoms with Gasteiger partial charge in [-0.3, -0.25) is 4.99 Å².